The van der Waals surface area contributed by atoms with Crippen molar-refractivity contribution in [1.82, 2.24) is 0 Å². The van der Waals surface area contributed by atoms with E-state index in [0.717, 1.165) is 6.42 Å². The van der Waals surface area contributed by atoms with Crippen LogP contribution in [0.5, 0.6) is 0 Å². The van der Waals surface area contributed by atoms with E-state index in [4.69, 9.17) is 10.8 Å². The van der Waals surface area contributed by atoms with Crippen LogP contribution in [0.2, 0.25) is 0 Å². The van der Waals surface area contributed by atoms with Gasteiger partial charge >= 0.3 is 0 Å². The largest absolute Gasteiger partial charge is 0.395 e. The Kier molecular flexibility index (Phi) is 4.11. The highest BCUT2D eigenvalue weighted by atomic mass is 16.3. The summed E-state index contributed by atoms with van der Waals surface area (Å²) < 4.78 is 0. The van der Waals surface area contributed by atoms with E-state index in [2.05, 4.69) is 38.1 Å². The Hall–Kier alpha value is -0.860. The zero-order chi connectivity index (χ0) is 10.6. The summed E-state index contributed by atoms with van der Waals surface area (Å²) in [5.74, 6) is 0.565. The Labute approximate surface area is 85.8 Å². The maximum absolute atomic E-state index is 8.81. The summed E-state index contributed by atoms with van der Waals surface area (Å²) in [5, 5.41) is 8.81. The molecule has 78 valence electrons. The molecule has 0 unspecified atom stereocenters. The number of benzene rings is 1. The first kappa shape index (κ1) is 11.2. The third-order valence-corrected chi connectivity index (χ3v) is 2.38. The van der Waals surface area contributed by atoms with Crippen molar-refractivity contribution in [1.29, 1.82) is 0 Å². The SMILES string of the molecule is CC(C)c1ccc(C[C@H](N)CO)cc1. The number of nitrogens with two attached hydrogens (primary N) is 1. The number of hydrogen-bond acceptors (Lipinski definition) is 2. The van der Waals surface area contributed by atoms with Gasteiger partial charge in [-0.1, -0.05) is 38.1 Å². The van der Waals surface area contributed by atoms with E-state index >= 15 is 0 Å². The van der Waals surface area contributed by atoms with Gasteiger partial charge in [0, 0.05) is 6.04 Å². The van der Waals surface area contributed by atoms with Gasteiger partial charge in [0.15, 0.2) is 0 Å². The molecule has 0 fully saturated rings. The molecular weight excluding hydrogens is 174 g/mol. The van der Waals surface area contributed by atoms with Gasteiger partial charge in [0.05, 0.1) is 6.61 Å². The van der Waals surface area contributed by atoms with Gasteiger partial charge in [0.25, 0.3) is 0 Å². The fourth-order valence-corrected chi connectivity index (χ4v) is 1.41. The topological polar surface area (TPSA) is 46.2 Å². The molecule has 0 amide bonds. The molecule has 1 aromatic rings. The van der Waals surface area contributed by atoms with E-state index in [1.165, 1.54) is 11.1 Å². The number of aliphatic hydroxyl groups is 1. The Morgan fingerprint density at radius 3 is 2.21 bits per heavy atom. The first-order valence-electron chi connectivity index (χ1n) is 5.08. The number of rotatable bonds is 4. The van der Waals surface area contributed by atoms with Crippen molar-refractivity contribution >= 4 is 0 Å². The zero-order valence-electron chi connectivity index (χ0n) is 8.90. The zero-order valence-corrected chi connectivity index (χ0v) is 8.90. The maximum atomic E-state index is 8.81. The molecule has 0 heterocycles. The third-order valence-electron chi connectivity index (χ3n) is 2.38. The quantitative estimate of drug-likeness (QED) is 0.764. The van der Waals surface area contributed by atoms with E-state index in [1.807, 2.05) is 0 Å². The molecule has 0 radical (unpaired) electrons. The van der Waals surface area contributed by atoms with Crippen LogP contribution in [0.1, 0.15) is 30.9 Å². The minimum absolute atomic E-state index is 0.0476. The van der Waals surface area contributed by atoms with Gasteiger partial charge in [0.2, 0.25) is 0 Å². The van der Waals surface area contributed by atoms with Crippen LogP contribution in [-0.2, 0) is 6.42 Å². The summed E-state index contributed by atoms with van der Waals surface area (Å²) in [6.45, 7) is 4.40. The summed E-state index contributed by atoms with van der Waals surface area (Å²) in [7, 11) is 0. The van der Waals surface area contributed by atoms with Gasteiger partial charge in [-0.25, -0.2) is 0 Å². The molecule has 0 spiro atoms. The molecule has 0 aliphatic heterocycles. The van der Waals surface area contributed by atoms with E-state index in [9.17, 15) is 0 Å². The van der Waals surface area contributed by atoms with Crippen molar-refractivity contribution in [2.45, 2.75) is 32.2 Å². The molecule has 1 aromatic carbocycles. The molecule has 0 aliphatic rings. The van der Waals surface area contributed by atoms with Gasteiger partial charge in [-0.05, 0) is 23.5 Å². The molecule has 0 aliphatic carbocycles. The van der Waals surface area contributed by atoms with E-state index in [-0.39, 0.29) is 12.6 Å². The summed E-state index contributed by atoms with van der Waals surface area (Å²) >= 11 is 0. The molecule has 0 saturated heterocycles. The van der Waals surface area contributed by atoms with Gasteiger partial charge < -0.3 is 10.8 Å². The van der Waals surface area contributed by atoms with Gasteiger partial charge in [-0.3, -0.25) is 0 Å². The number of aliphatic hydroxyl groups excluding tert-OH is 1. The standard InChI is InChI=1S/C12H19NO/c1-9(2)11-5-3-10(4-6-11)7-12(13)8-14/h3-6,9,12,14H,7-8,13H2,1-2H3/t12-/m0/s1. The second-order valence-corrected chi connectivity index (χ2v) is 4.04. The summed E-state index contributed by atoms with van der Waals surface area (Å²) in [4.78, 5) is 0. The van der Waals surface area contributed by atoms with Crippen LogP contribution in [0.3, 0.4) is 0 Å². The predicted octanol–water partition coefficient (Wildman–Crippen LogP) is 1.67. The monoisotopic (exact) mass is 193 g/mol. The van der Waals surface area contributed by atoms with Gasteiger partial charge in [-0.2, -0.15) is 0 Å². The van der Waals surface area contributed by atoms with E-state index < -0.39 is 0 Å². The maximum Gasteiger partial charge on any atom is 0.0585 e. The second kappa shape index (κ2) is 5.13. The molecule has 0 bridgehead atoms. The second-order valence-electron chi connectivity index (χ2n) is 4.04. The normalized spacial score (nSPS) is 13.2. The van der Waals surface area contributed by atoms with Crippen LogP contribution in [0.4, 0.5) is 0 Å². The van der Waals surface area contributed by atoms with E-state index in [1.54, 1.807) is 0 Å². The lowest BCUT2D eigenvalue weighted by atomic mass is 9.99. The Balaban J connectivity index is 2.64. The molecule has 1 rings (SSSR count). The fraction of sp³-hybridized carbons (Fsp3) is 0.500. The van der Waals surface area contributed by atoms with Crippen LogP contribution >= 0.6 is 0 Å². The summed E-state index contributed by atoms with van der Waals surface area (Å²) in [6.07, 6.45) is 0.745. The van der Waals surface area contributed by atoms with Gasteiger partial charge in [-0.15, -0.1) is 0 Å². The lowest BCUT2D eigenvalue weighted by Gasteiger charge is -2.09. The molecule has 3 N–H and O–H groups in total. The van der Waals surface area contributed by atoms with Crippen molar-refractivity contribution in [3.05, 3.63) is 35.4 Å². The van der Waals surface area contributed by atoms with Crippen molar-refractivity contribution < 1.29 is 5.11 Å². The first-order valence-corrected chi connectivity index (χ1v) is 5.08. The molecular formula is C12H19NO. The van der Waals surface area contributed by atoms with Crippen LogP contribution in [0.15, 0.2) is 24.3 Å². The minimum atomic E-state index is -0.139. The highest BCUT2D eigenvalue weighted by molar-refractivity contribution is 5.25. The van der Waals surface area contributed by atoms with Crippen LogP contribution < -0.4 is 5.73 Å². The van der Waals surface area contributed by atoms with Crippen molar-refractivity contribution in [2.75, 3.05) is 6.61 Å². The number of hydrogen-bond donors (Lipinski definition) is 2. The Morgan fingerprint density at radius 1 is 1.21 bits per heavy atom. The fourth-order valence-electron chi connectivity index (χ4n) is 1.41. The highest BCUT2D eigenvalue weighted by Gasteiger charge is 2.03. The molecule has 1 atom stereocenters. The molecule has 2 nitrogen and oxygen atoms in total. The minimum Gasteiger partial charge on any atom is -0.395 e. The smallest absolute Gasteiger partial charge is 0.0585 e. The highest BCUT2D eigenvalue weighted by Crippen LogP contribution is 2.15. The molecule has 14 heavy (non-hydrogen) atoms. The molecule has 0 aromatic heterocycles. The molecule has 0 saturated carbocycles. The Bertz CT molecular complexity index is 266. The third kappa shape index (κ3) is 3.13. The predicted molar refractivity (Wildman–Crippen MR) is 59.3 cm³/mol. The summed E-state index contributed by atoms with van der Waals surface area (Å²) in [6, 6.07) is 8.30. The Morgan fingerprint density at radius 2 is 1.79 bits per heavy atom. The van der Waals surface area contributed by atoms with E-state index in [0.29, 0.717) is 5.92 Å². The van der Waals surface area contributed by atoms with Gasteiger partial charge in [0.1, 0.15) is 0 Å². The summed E-state index contributed by atoms with van der Waals surface area (Å²) in [5.41, 5.74) is 8.18. The lowest BCUT2D eigenvalue weighted by molar-refractivity contribution is 0.265. The van der Waals surface area contributed by atoms with Crippen LogP contribution in [0.25, 0.3) is 0 Å². The van der Waals surface area contributed by atoms with Crippen molar-refractivity contribution in [2.24, 2.45) is 5.73 Å². The van der Waals surface area contributed by atoms with Crippen molar-refractivity contribution in [3.8, 4) is 0 Å². The average molecular weight is 193 g/mol. The average Bonchev–Trinajstić information content (AvgIpc) is 2.18. The molecule has 2 heteroatoms. The van der Waals surface area contributed by atoms with Crippen molar-refractivity contribution in [3.63, 3.8) is 0 Å². The van der Waals surface area contributed by atoms with Crippen LogP contribution in [0, 0.1) is 0 Å². The van der Waals surface area contributed by atoms with Crippen LogP contribution in [-0.4, -0.2) is 17.8 Å². The lowest BCUT2D eigenvalue weighted by Crippen LogP contribution is -2.26. The first-order chi connectivity index (χ1) is 6.63.